The SMILES string of the molecule is COc1c(C)cnc(Cn2nc(-c3ccco3)oc2=O)c1C. The van der Waals surface area contributed by atoms with Crippen LogP contribution in [0.15, 0.2) is 38.2 Å². The van der Waals surface area contributed by atoms with Gasteiger partial charge >= 0.3 is 5.76 Å². The smallest absolute Gasteiger partial charge is 0.437 e. The van der Waals surface area contributed by atoms with Gasteiger partial charge in [0.1, 0.15) is 5.75 Å². The highest BCUT2D eigenvalue weighted by Crippen LogP contribution is 2.24. The number of nitrogens with zero attached hydrogens (tertiary/aromatic N) is 3. The second-order valence-electron chi connectivity index (χ2n) is 4.85. The van der Waals surface area contributed by atoms with Crippen molar-refractivity contribution < 1.29 is 13.6 Å². The molecule has 0 atom stereocenters. The zero-order valence-corrected chi connectivity index (χ0v) is 12.5. The van der Waals surface area contributed by atoms with Crippen molar-refractivity contribution in [2.24, 2.45) is 0 Å². The molecule has 0 fully saturated rings. The van der Waals surface area contributed by atoms with Gasteiger partial charge in [0, 0.05) is 17.3 Å². The molecular weight excluding hydrogens is 286 g/mol. The maximum atomic E-state index is 11.9. The van der Waals surface area contributed by atoms with E-state index in [1.165, 1.54) is 10.9 Å². The van der Waals surface area contributed by atoms with E-state index in [0.717, 1.165) is 16.9 Å². The van der Waals surface area contributed by atoms with Gasteiger partial charge in [0.2, 0.25) is 0 Å². The van der Waals surface area contributed by atoms with Crippen molar-refractivity contribution in [3.05, 3.63) is 52.0 Å². The number of ether oxygens (including phenoxy) is 1. The number of hydrogen-bond acceptors (Lipinski definition) is 6. The highest BCUT2D eigenvalue weighted by molar-refractivity contribution is 5.43. The molecule has 0 aromatic carbocycles. The predicted molar refractivity (Wildman–Crippen MR) is 77.8 cm³/mol. The molecule has 7 heteroatoms. The minimum atomic E-state index is -0.563. The molecule has 3 aromatic heterocycles. The molecule has 0 aliphatic carbocycles. The topological polar surface area (TPSA) is 83.3 Å². The van der Waals surface area contributed by atoms with Gasteiger partial charge in [-0.15, -0.1) is 5.10 Å². The third-order valence-electron chi connectivity index (χ3n) is 3.39. The summed E-state index contributed by atoms with van der Waals surface area (Å²) < 4.78 is 16.8. The molecule has 3 heterocycles. The summed E-state index contributed by atoms with van der Waals surface area (Å²) in [6, 6.07) is 3.37. The van der Waals surface area contributed by atoms with Crippen molar-refractivity contribution in [1.82, 2.24) is 14.8 Å². The van der Waals surface area contributed by atoms with E-state index in [-0.39, 0.29) is 12.4 Å². The molecule has 0 unspecified atom stereocenters. The minimum Gasteiger partial charge on any atom is -0.496 e. The molecule has 0 N–H and O–H groups in total. The summed E-state index contributed by atoms with van der Waals surface area (Å²) in [5.74, 6) is 0.744. The first-order valence-electron chi connectivity index (χ1n) is 6.71. The molecule has 22 heavy (non-hydrogen) atoms. The van der Waals surface area contributed by atoms with Crippen LogP contribution in [-0.4, -0.2) is 21.9 Å². The van der Waals surface area contributed by atoms with Crippen LogP contribution in [0.1, 0.15) is 16.8 Å². The summed E-state index contributed by atoms with van der Waals surface area (Å²) in [6.45, 7) is 4.01. The first kappa shape index (κ1) is 14.1. The van der Waals surface area contributed by atoms with Crippen molar-refractivity contribution >= 4 is 0 Å². The summed E-state index contributed by atoms with van der Waals surface area (Å²) >= 11 is 0. The lowest BCUT2D eigenvalue weighted by molar-refractivity contribution is 0.406. The number of rotatable bonds is 4. The average molecular weight is 301 g/mol. The Morgan fingerprint density at radius 1 is 1.36 bits per heavy atom. The number of aryl methyl sites for hydroxylation is 1. The predicted octanol–water partition coefficient (Wildman–Crippen LogP) is 2.17. The molecule has 0 aliphatic heterocycles. The Balaban J connectivity index is 1.96. The van der Waals surface area contributed by atoms with Crippen LogP contribution >= 0.6 is 0 Å². The van der Waals surface area contributed by atoms with E-state index < -0.39 is 5.76 Å². The minimum absolute atomic E-state index is 0.145. The number of pyridine rings is 1. The van der Waals surface area contributed by atoms with Gasteiger partial charge in [-0.05, 0) is 26.0 Å². The van der Waals surface area contributed by atoms with Gasteiger partial charge in [-0.2, -0.15) is 4.68 Å². The number of furan rings is 1. The standard InChI is InChI=1S/C15H15N3O4/c1-9-7-16-11(10(2)13(9)20-3)8-18-15(19)22-14(17-18)12-5-4-6-21-12/h4-7H,8H2,1-3H3. The van der Waals surface area contributed by atoms with Gasteiger partial charge in [0.25, 0.3) is 5.89 Å². The van der Waals surface area contributed by atoms with Gasteiger partial charge in [-0.3, -0.25) is 4.98 Å². The number of aromatic nitrogens is 3. The lowest BCUT2D eigenvalue weighted by Crippen LogP contribution is -2.18. The molecular formula is C15H15N3O4. The van der Waals surface area contributed by atoms with Crippen LogP contribution in [0.25, 0.3) is 11.7 Å². The molecule has 3 aromatic rings. The second-order valence-corrected chi connectivity index (χ2v) is 4.85. The van der Waals surface area contributed by atoms with Crippen LogP contribution in [0.3, 0.4) is 0 Å². The zero-order valence-electron chi connectivity index (χ0n) is 12.5. The maximum Gasteiger partial charge on any atom is 0.437 e. The van der Waals surface area contributed by atoms with Crippen molar-refractivity contribution in [1.29, 1.82) is 0 Å². The van der Waals surface area contributed by atoms with E-state index in [1.807, 2.05) is 13.8 Å². The quantitative estimate of drug-likeness (QED) is 0.734. The van der Waals surface area contributed by atoms with Crippen LogP contribution in [0.2, 0.25) is 0 Å². The molecule has 0 bridgehead atoms. The summed E-state index contributed by atoms with van der Waals surface area (Å²) in [7, 11) is 1.61. The Morgan fingerprint density at radius 3 is 2.86 bits per heavy atom. The largest absolute Gasteiger partial charge is 0.496 e. The van der Waals surface area contributed by atoms with Crippen LogP contribution in [0.4, 0.5) is 0 Å². The average Bonchev–Trinajstić information content (AvgIpc) is 3.13. The Bertz CT molecular complexity index is 846. The Hall–Kier alpha value is -2.83. The monoisotopic (exact) mass is 301 g/mol. The van der Waals surface area contributed by atoms with E-state index in [4.69, 9.17) is 13.6 Å². The van der Waals surface area contributed by atoms with Gasteiger partial charge < -0.3 is 13.6 Å². The molecule has 0 radical (unpaired) electrons. The molecule has 0 aliphatic rings. The summed E-state index contributed by atoms with van der Waals surface area (Å²) in [5, 5.41) is 4.13. The van der Waals surface area contributed by atoms with E-state index in [1.54, 1.807) is 25.4 Å². The van der Waals surface area contributed by atoms with Crippen LogP contribution in [0.5, 0.6) is 5.75 Å². The van der Waals surface area contributed by atoms with Crippen LogP contribution in [0, 0.1) is 13.8 Å². The Kier molecular flexibility index (Phi) is 3.54. The zero-order chi connectivity index (χ0) is 15.7. The van der Waals surface area contributed by atoms with Gasteiger partial charge in [-0.25, -0.2) is 4.79 Å². The van der Waals surface area contributed by atoms with Crippen molar-refractivity contribution in [2.45, 2.75) is 20.4 Å². The van der Waals surface area contributed by atoms with Crippen molar-refractivity contribution in [3.63, 3.8) is 0 Å². The normalized spacial score (nSPS) is 10.9. The van der Waals surface area contributed by atoms with E-state index in [2.05, 4.69) is 10.1 Å². The van der Waals surface area contributed by atoms with Crippen LogP contribution < -0.4 is 10.5 Å². The lowest BCUT2D eigenvalue weighted by Gasteiger charge is -2.11. The van der Waals surface area contributed by atoms with Crippen molar-refractivity contribution in [3.8, 4) is 17.4 Å². The maximum absolute atomic E-state index is 11.9. The molecule has 7 nitrogen and oxygen atoms in total. The number of hydrogen-bond donors (Lipinski definition) is 0. The van der Waals surface area contributed by atoms with Crippen molar-refractivity contribution in [2.75, 3.05) is 7.11 Å². The molecule has 0 saturated heterocycles. The third-order valence-corrected chi connectivity index (χ3v) is 3.39. The summed E-state index contributed by atoms with van der Waals surface area (Å²) in [6.07, 6.45) is 3.20. The lowest BCUT2D eigenvalue weighted by atomic mass is 10.1. The fourth-order valence-electron chi connectivity index (χ4n) is 2.28. The highest BCUT2D eigenvalue weighted by Gasteiger charge is 2.15. The third kappa shape index (κ3) is 2.41. The summed E-state index contributed by atoms with van der Waals surface area (Å²) in [4.78, 5) is 16.3. The van der Waals surface area contributed by atoms with Crippen LogP contribution in [-0.2, 0) is 6.54 Å². The first-order chi connectivity index (χ1) is 10.6. The Labute approximate surface area is 126 Å². The molecule has 3 rings (SSSR count). The van der Waals surface area contributed by atoms with Gasteiger partial charge in [0.05, 0.1) is 25.6 Å². The Morgan fingerprint density at radius 2 is 2.18 bits per heavy atom. The number of methoxy groups -OCH3 is 1. The molecule has 114 valence electrons. The summed E-state index contributed by atoms with van der Waals surface area (Å²) in [5.41, 5.74) is 2.51. The fourth-order valence-corrected chi connectivity index (χ4v) is 2.28. The molecule has 0 saturated carbocycles. The fraction of sp³-hybridized carbons (Fsp3) is 0.267. The molecule has 0 spiro atoms. The van der Waals surface area contributed by atoms with E-state index in [9.17, 15) is 4.79 Å². The van der Waals surface area contributed by atoms with E-state index in [0.29, 0.717) is 11.5 Å². The second kappa shape index (κ2) is 5.51. The first-order valence-corrected chi connectivity index (χ1v) is 6.71. The van der Waals surface area contributed by atoms with Gasteiger partial charge in [0.15, 0.2) is 5.76 Å². The van der Waals surface area contributed by atoms with E-state index >= 15 is 0 Å². The molecule has 0 amide bonds. The van der Waals surface area contributed by atoms with Gasteiger partial charge in [-0.1, -0.05) is 0 Å². The highest BCUT2D eigenvalue weighted by atomic mass is 16.5.